The van der Waals surface area contributed by atoms with Crippen molar-refractivity contribution in [2.45, 2.75) is 12.6 Å². The van der Waals surface area contributed by atoms with E-state index in [1.807, 2.05) is 0 Å². The molecule has 0 aliphatic rings. The molecule has 0 bridgehead atoms. The van der Waals surface area contributed by atoms with Crippen LogP contribution in [-0.4, -0.2) is 22.7 Å². The number of carboxylic acid groups (broad SMARTS) is 1. The van der Waals surface area contributed by atoms with E-state index >= 15 is 0 Å². The third kappa shape index (κ3) is 3.76. The molecule has 0 radical (unpaired) electrons. The number of aromatic nitrogens is 1. The first-order valence-corrected chi connectivity index (χ1v) is 4.27. The van der Waals surface area contributed by atoms with Crippen molar-refractivity contribution >= 4 is 5.97 Å². The van der Waals surface area contributed by atoms with Crippen molar-refractivity contribution in [3.63, 3.8) is 0 Å². The van der Waals surface area contributed by atoms with Crippen LogP contribution in [0.2, 0.25) is 0 Å². The number of aliphatic carboxylic acids is 1. The number of carbonyl (C=O) groups is 1. The Kier molecular flexibility index (Phi) is 3.70. The van der Waals surface area contributed by atoms with E-state index in [0.29, 0.717) is 6.20 Å². The summed E-state index contributed by atoms with van der Waals surface area (Å²) in [5.41, 5.74) is -0.877. The Balaban J connectivity index is 2.55. The highest BCUT2D eigenvalue weighted by Gasteiger charge is 2.30. The second-order valence-electron chi connectivity index (χ2n) is 2.88. The Morgan fingerprint density at radius 3 is 2.56 bits per heavy atom. The van der Waals surface area contributed by atoms with Gasteiger partial charge in [-0.25, -0.2) is 4.98 Å². The number of ether oxygens (including phenoxy) is 1. The molecule has 1 heterocycles. The van der Waals surface area contributed by atoms with Gasteiger partial charge in [0.25, 0.3) is 0 Å². The van der Waals surface area contributed by atoms with E-state index < -0.39 is 17.7 Å². The van der Waals surface area contributed by atoms with E-state index in [9.17, 15) is 18.0 Å². The van der Waals surface area contributed by atoms with Gasteiger partial charge in [0, 0.05) is 12.3 Å². The first-order valence-electron chi connectivity index (χ1n) is 4.27. The largest absolute Gasteiger partial charge is 0.481 e. The van der Waals surface area contributed by atoms with Crippen molar-refractivity contribution in [2.24, 2.45) is 0 Å². The summed E-state index contributed by atoms with van der Waals surface area (Å²) in [6, 6.07) is 1.87. The second kappa shape index (κ2) is 4.82. The zero-order chi connectivity index (χ0) is 12.2. The van der Waals surface area contributed by atoms with Crippen LogP contribution in [0.4, 0.5) is 13.2 Å². The van der Waals surface area contributed by atoms with E-state index in [1.165, 1.54) is 0 Å². The molecule has 0 saturated carbocycles. The molecule has 0 unspecified atom stereocenters. The highest BCUT2D eigenvalue weighted by molar-refractivity contribution is 5.66. The molecule has 1 N–H and O–H groups in total. The van der Waals surface area contributed by atoms with Gasteiger partial charge in [0.1, 0.15) is 6.61 Å². The lowest BCUT2D eigenvalue weighted by molar-refractivity contribution is -0.138. The van der Waals surface area contributed by atoms with Crippen molar-refractivity contribution < 1.29 is 27.8 Å². The third-order valence-electron chi connectivity index (χ3n) is 1.63. The molecule has 0 saturated heterocycles. The second-order valence-corrected chi connectivity index (χ2v) is 2.88. The molecule has 0 atom stereocenters. The summed E-state index contributed by atoms with van der Waals surface area (Å²) in [5.74, 6) is -1.08. The van der Waals surface area contributed by atoms with Gasteiger partial charge in [-0.05, 0) is 6.07 Å². The Labute approximate surface area is 88.7 Å². The zero-order valence-electron chi connectivity index (χ0n) is 7.99. The highest BCUT2D eigenvalue weighted by atomic mass is 19.4. The van der Waals surface area contributed by atoms with E-state index in [2.05, 4.69) is 4.98 Å². The van der Waals surface area contributed by atoms with Crippen molar-refractivity contribution in [3.05, 3.63) is 23.9 Å². The first-order chi connectivity index (χ1) is 7.39. The Bertz CT molecular complexity index is 361. The number of nitrogens with zero attached hydrogens (tertiary/aromatic N) is 1. The monoisotopic (exact) mass is 235 g/mol. The van der Waals surface area contributed by atoms with E-state index in [-0.39, 0.29) is 18.9 Å². The Hall–Kier alpha value is -1.79. The number of rotatable bonds is 4. The van der Waals surface area contributed by atoms with Crippen LogP contribution in [0.5, 0.6) is 5.88 Å². The summed E-state index contributed by atoms with van der Waals surface area (Å²) in [6.07, 6.45) is -4.04. The van der Waals surface area contributed by atoms with E-state index in [1.54, 1.807) is 0 Å². The fourth-order valence-corrected chi connectivity index (χ4v) is 0.876. The smallest absolute Gasteiger partial charge is 0.417 e. The maximum absolute atomic E-state index is 12.1. The number of pyridine rings is 1. The summed E-state index contributed by atoms with van der Waals surface area (Å²) in [4.78, 5) is 13.5. The van der Waals surface area contributed by atoms with E-state index in [0.717, 1.165) is 12.1 Å². The average Bonchev–Trinajstić information content (AvgIpc) is 2.16. The number of halogens is 3. The zero-order valence-corrected chi connectivity index (χ0v) is 7.99. The Morgan fingerprint density at radius 1 is 1.44 bits per heavy atom. The molecule has 0 aromatic carbocycles. The fraction of sp³-hybridized carbons (Fsp3) is 0.333. The molecule has 0 spiro atoms. The van der Waals surface area contributed by atoms with Crippen LogP contribution >= 0.6 is 0 Å². The fourth-order valence-electron chi connectivity index (χ4n) is 0.876. The molecule has 1 aromatic heterocycles. The predicted octanol–water partition coefficient (Wildman–Crippen LogP) is 1.95. The van der Waals surface area contributed by atoms with Crippen molar-refractivity contribution in [2.75, 3.05) is 6.61 Å². The average molecular weight is 235 g/mol. The van der Waals surface area contributed by atoms with Crippen LogP contribution in [0, 0.1) is 0 Å². The summed E-state index contributed by atoms with van der Waals surface area (Å²) < 4.78 is 41.2. The number of alkyl halides is 3. The maximum Gasteiger partial charge on any atom is 0.417 e. The normalized spacial score (nSPS) is 11.2. The first kappa shape index (κ1) is 12.3. The maximum atomic E-state index is 12.1. The van der Waals surface area contributed by atoms with Gasteiger partial charge in [-0.3, -0.25) is 4.79 Å². The number of carboxylic acids is 1. The molecule has 0 aliphatic heterocycles. The lowest BCUT2D eigenvalue weighted by Gasteiger charge is -2.07. The minimum Gasteiger partial charge on any atom is -0.481 e. The summed E-state index contributed by atoms with van der Waals surface area (Å²) >= 11 is 0. The standard InChI is InChI=1S/C9H8F3NO3/c10-9(11,12)6-1-2-7(13-5-6)16-4-3-8(14)15/h1-2,5H,3-4H2,(H,14,15). The SMILES string of the molecule is O=C(O)CCOc1ccc(C(F)(F)F)cn1. The predicted molar refractivity (Wildman–Crippen MR) is 47.0 cm³/mol. The van der Waals surface area contributed by atoms with Gasteiger partial charge in [-0.2, -0.15) is 13.2 Å². The van der Waals surface area contributed by atoms with Gasteiger partial charge in [0.15, 0.2) is 0 Å². The van der Waals surface area contributed by atoms with Crippen LogP contribution in [0.15, 0.2) is 18.3 Å². The van der Waals surface area contributed by atoms with Gasteiger partial charge in [-0.15, -0.1) is 0 Å². The third-order valence-corrected chi connectivity index (χ3v) is 1.63. The lowest BCUT2D eigenvalue weighted by Crippen LogP contribution is -2.08. The molecule has 4 nitrogen and oxygen atoms in total. The van der Waals surface area contributed by atoms with Crippen molar-refractivity contribution in [3.8, 4) is 5.88 Å². The molecule has 0 amide bonds. The topological polar surface area (TPSA) is 59.4 Å². The quantitative estimate of drug-likeness (QED) is 0.866. The minimum absolute atomic E-state index is 0.0331. The molecule has 16 heavy (non-hydrogen) atoms. The van der Waals surface area contributed by atoms with Crippen LogP contribution in [0.1, 0.15) is 12.0 Å². The minimum atomic E-state index is -4.44. The van der Waals surface area contributed by atoms with Gasteiger partial charge < -0.3 is 9.84 Å². The number of hydrogen-bond acceptors (Lipinski definition) is 3. The molecule has 0 aliphatic carbocycles. The number of hydrogen-bond donors (Lipinski definition) is 1. The summed E-state index contributed by atoms with van der Waals surface area (Å²) in [6.45, 7) is -0.131. The molecule has 88 valence electrons. The van der Waals surface area contributed by atoms with Gasteiger partial charge in [0.05, 0.1) is 12.0 Å². The van der Waals surface area contributed by atoms with Crippen LogP contribution in [-0.2, 0) is 11.0 Å². The molecule has 1 aromatic rings. The molecule has 7 heteroatoms. The highest BCUT2D eigenvalue weighted by Crippen LogP contribution is 2.29. The molecule has 0 fully saturated rings. The summed E-state index contributed by atoms with van der Waals surface area (Å²) in [7, 11) is 0. The van der Waals surface area contributed by atoms with Crippen LogP contribution in [0.25, 0.3) is 0 Å². The molecule has 1 rings (SSSR count). The lowest BCUT2D eigenvalue weighted by atomic mass is 10.3. The van der Waals surface area contributed by atoms with Gasteiger partial charge >= 0.3 is 12.1 Å². The van der Waals surface area contributed by atoms with Crippen LogP contribution in [0.3, 0.4) is 0 Å². The Morgan fingerprint density at radius 2 is 2.12 bits per heavy atom. The summed E-state index contributed by atoms with van der Waals surface area (Å²) in [5, 5.41) is 8.29. The molecular formula is C9H8F3NO3. The molecular weight excluding hydrogens is 227 g/mol. The van der Waals surface area contributed by atoms with Crippen molar-refractivity contribution in [1.29, 1.82) is 0 Å². The van der Waals surface area contributed by atoms with Crippen LogP contribution < -0.4 is 4.74 Å². The van der Waals surface area contributed by atoms with Crippen molar-refractivity contribution in [1.82, 2.24) is 4.98 Å². The van der Waals surface area contributed by atoms with Gasteiger partial charge in [-0.1, -0.05) is 0 Å². The van der Waals surface area contributed by atoms with Gasteiger partial charge in [0.2, 0.25) is 5.88 Å². The van der Waals surface area contributed by atoms with E-state index in [4.69, 9.17) is 9.84 Å².